The zero-order chi connectivity index (χ0) is 14.2. The van der Waals surface area contributed by atoms with E-state index in [1.54, 1.807) is 7.11 Å². The highest BCUT2D eigenvalue weighted by molar-refractivity contribution is 5.84. The lowest BCUT2D eigenvalue weighted by Gasteiger charge is -2.36. The van der Waals surface area contributed by atoms with E-state index in [1.165, 1.54) is 0 Å². The summed E-state index contributed by atoms with van der Waals surface area (Å²) in [6, 6.07) is 0.349. The number of rotatable bonds is 10. The van der Waals surface area contributed by atoms with Crippen LogP contribution in [0.3, 0.4) is 0 Å². The number of nitrogens with two attached hydrogens (primary N) is 1. The predicted octanol–water partition coefficient (Wildman–Crippen LogP) is 0.587. The Bertz CT molecular complexity index is 246. The fraction of sp³-hybridized carbons (Fsp3) is 0.923. The number of carbonyl (C=O) groups excluding carboxylic acids is 1. The Morgan fingerprint density at radius 2 is 2.11 bits per heavy atom. The van der Waals surface area contributed by atoms with Crippen LogP contribution < -0.4 is 11.1 Å². The second-order valence-electron chi connectivity index (χ2n) is 5.18. The van der Waals surface area contributed by atoms with Crippen LogP contribution in [0.25, 0.3) is 0 Å². The highest BCUT2D eigenvalue weighted by atomic mass is 16.5. The molecule has 0 aliphatic rings. The molecule has 0 aromatic carbocycles. The Morgan fingerprint density at radius 3 is 2.50 bits per heavy atom. The standard InChI is InChI=1S/C13H29N3O2/c1-6-7-15-13(4,12(14)17)10-16(11(2)3)8-9-18-5/h11,15H,6-10H2,1-5H3,(H2,14,17). The second kappa shape index (κ2) is 8.45. The molecule has 0 saturated carbocycles. The first kappa shape index (κ1) is 17.4. The van der Waals surface area contributed by atoms with Gasteiger partial charge < -0.3 is 15.8 Å². The summed E-state index contributed by atoms with van der Waals surface area (Å²) in [4.78, 5) is 13.9. The van der Waals surface area contributed by atoms with Crippen LogP contribution in [0, 0.1) is 0 Å². The first-order valence-electron chi connectivity index (χ1n) is 6.65. The molecule has 1 atom stereocenters. The van der Waals surface area contributed by atoms with Crippen molar-refractivity contribution in [2.24, 2.45) is 5.73 Å². The van der Waals surface area contributed by atoms with Crippen molar-refractivity contribution in [3.05, 3.63) is 0 Å². The van der Waals surface area contributed by atoms with Crippen LogP contribution in [0.1, 0.15) is 34.1 Å². The molecule has 0 saturated heterocycles. The molecule has 18 heavy (non-hydrogen) atoms. The van der Waals surface area contributed by atoms with E-state index in [1.807, 2.05) is 6.92 Å². The van der Waals surface area contributed by atoms with Crippen molar-refractivity contribution in [2.75, 3.05) is 33.4 Å². The Hall–Kier alpha value is -0.650. The molecular weight excluding hydrogens is 230 g/mol. The van der Waals surface area contributed by atoms with Crippen molar-refractivity contribution in [3.63, 3.8) is 0 Å². The monoisotopic (exact) mass is 259 g/mol. The number of carbonyl (C=O) groups is 1. The molecule has 108 valence electrons. The topological polar surface area (TPSA) is 67.6 Å². The number of hydrogen-bond donors (Lipinski definition) is 2. The number of amides is 1. The van der Waals surface area contributed by atoms with Gasteiger partial charge in [0.15, 0.2) is 0 Å². The van der Waals surface area contributed by atoms with Crippen LogP contribution in [-0.2, 0) is 9.53 Å². The molecule has 0 fully saturated rings. The van der Waals surface area contributed by atoms with Crippen molar-refractivity contribution in [3.8, 4) is 0 Å². The third-order valence-electron chi connectivity index (χ3n) is 3.14. The van der Waals surface area contributed by atoms with Crippen molar-refractivity contribution in [2.45, 2.75) is 45.7 Å². The van der Waals surface area contributed by atoms with Gasteiger partial charge in [-0.3, -0.25) is 9.69 Å². The lowest BCUT2D eigenvalue weighted by Crippen LogP contribution is -2.60. The maximum absolute atomic E-state index is 11.7. The summed E-state index contributed by atoms with van der Waals surface area (Å²) >= 11 is 0. The van der Waals surface area contributed by atoms with E-state index in [4.69, 9.17) is 10.5 Å². The molecule has 0 aliphatic heterocycles. The Balaban J connectivity index is 4.64. The van der Waals surface area contributed by atoms with Crippen molar-refractivity contribution >= 4 is 5.91 Å². The maximum atomic E-state index is 11.7. The van der Waals surface area contributed by atoms with Gasteiger partial charge in [0.25, 0.3) is 0 Å². The van der Waals surface area contributed by atoms with Gasteiger partial charge in [-0.05, 0) is 33.7 Å². The SMILES string of the molecule is CCCNC(C)(CN(CCOC)C(C)C)C(N)=O. The fourth-order valence-corrected chi connectivity index (χ4v) is 1.76. The number of methoxy groups -OCH3 is 1. The van der Waals surface area contributed by atoms with Gasteiger partial charge in [0, 0.05) is 26.2 Å². The first-order chi connectivity index (χ1) is 8.37. The van der Waals surface area contributed by atoms with Gasteiger partial charge in [-0.15, -0.1) is 0 Å². The van der Waals surface area contributed by atoms with Crippen LogP contribution in [0.4, 0.5) is 0 Å². The molecule has 3 N–H and O–H groups in total. The third kappa shape index (κ3) is 5.80. The number of primary amides is 1. The van der Waals surface area contributed by atoms with E-state index >= 15 is 0 Å². The highest BCUT2D eigenvalue weighted by Gasteiger charge is 2.33. The van der Waals surface area contributed by atoms with E-state index in [0.29, 0.717) is 19.2 Å². The molecule has 5 nitrogen and oxygen atoms in total. The molecule has 0 heterocycles. The normalized spacial score (nSPS) is 15.1. The summed E-state index contributed by atoms with van der Waals surface area (Å²) in [7, 11) is 1.68. The molecule has 0 radical (unpaired) electrons. The van der Waals surface area contributed by atoms with Crippen LogP contribution in [0.15, 0.2) is 0 Å². The molecule has 5 heteroatoms. The third-order valence-corrected chi connectivity index (χ3v) is 3.14. The van der Waals surface area contributed by atoms with Crippen LogP contribution in [0.5, 0.6) is 0 Å². The van der Waals surface area contributed by atoms with Gasteiger partial charge in [-0.25, -0.2) is 0 Å². The van der Waals surface area contributed by atoms with Crippen molar-refractivity contribution in [1.82, 2.24) is 10.2 Å². The van der Waals surface area contributed by atoms with Crippen LogP contribution in [-0.4, -0.2) is 55.7 Å². The number of ether oxygens (including phenoxy) is 1. The first-order valence-corrected chi connectivity index (χ1v) is 6.65. The quantitative estimate of drug-likeness (QED) is 0.602. The molecule has 1 unspecified atom stereocenters. The summed E-state index contributed by atoms with van der Waals surface area (Å²) in [6.07, 6.45) is 0.975. The minimum absolute atomic E-state index is 0.306. The average Bonchev–Trinajstić information content (AvgIpc) is 2.31. The van der Waals surface area contributed by atoms with E-state index in [2.05, 4.69) is 31.0 Å². The van der Waals surface area contributed by atoms with Gasteiger partial charge in [-0.2, -0.15) is 0 Å². The van der Waals surface area contributed by atoms with Gasteiger partial charge >= 0.3 is 0 Å². The predicted molar refractivity (Wildman–Crippen MR) is 74.5 cm³/mol. The summed E-state index contributed by atoms with van der Waals surface area (Å²) in [5.74, 6) is -0.306. The smallest absolute Gasteiger partial charge is 0.238 e. The molecule has 0 rings (SSSR count). The lowest BCUT2D eigenvalue weighted by atomic mass is 9.99. The van der Waals surface area contributed by atoms with E-state index in [-0.39, 0.29) is 5.91 Å². The zero-order valence-electron chi connectivity index (χ0n) is 12.5. The largest absolute Gasteiger partial charge is 0.383 e. The molecule has 0 aliphatic carbocycles. The van der Waals surface area contributed by atoms with E-state index < -0.39 is 5.54 Å². The minimum Gasteiger partial charge on any atom is -0.383 e. The molecule has 0 bridgehead atoms. The summed E-state index contributed by atoms with van der Waals surface area (Å²) < 4.78 is 5.10. The highest BCUT2D eigenvalue weighted by Crippen LogP contribution is 2.09. The van der Waals surface area contributed by atoms with Crippen molar-refractivity contribution < 1.29 is 9.53 Å². The summed E-state index contributed by atoms with van der Waals surface area (Å²) in [5, 5.41) is 3.25. The number of hydrogen-bond acceptors (Lipinski definition) is 4. The van der Waals surface area contributed by atoms with Crippen LogP contribution in [0.2, 0.25) is 0 Å². The Kier molecular flexibility index (Phi) is 8.15. The van der Waals surface area contributed by atoms with Gasteiger partial charge in [0.2, 0.25) is 5.91 Å². The Morgan fingerprint density at radius 1 is 1.50 bits per heavy atom. The van der Waals surface area contributed by atoms with Gasteiger partial charge in [0.05, 0.1) is 6.61 Å². The molecule has 0 aromatic rings. The molecule has 1 amide bonds. The summed E-state index contributed by atoms with van der Waals surface area (Å²) in [6.45, 7) is 11.0. The average molecular weight is 259 g/mol. The van der Waals surface area contributed by atoms with Gasteiger partial charge in [-0.1, -0.05) is 6.92 Å². The lowest BCUT2D eigenvalue weighted by molar-refractivity contribution is -0.124. The number of nitrogens with one attached hydrogen (secondary N) is 1. The minimum atomic E-state index is -0.686. The maximum Gasteiger partial charge on any atom is 0.238 e. The Labute approximate surface area is 111 Å². The van der Waals surface area contributed by atoms with Gasteiger partial charge in [0.1, 0.15) is 5.54 Å². The van der Waals surface area contributed by atoms with Crippen molar-refractivity contribution in [1.29, 1.82) is 0 Å². The van der Waals surface area contributed by atoms with E-state index in [0.717, 1.165) is 19.5 Å². The molecule has 0 spiro atoms. The van der Waals surface area contributed by atoms with Crippen LogP contribution >= 0.6 is 0 Å². The molecular formula is C13H29N3O2. The van der Waals surface area contributed by atoms with E-state index in [9.17, 15) is 4.79 Å². The fourth-order valence-electron chi connectivity index (χ4n) is 1.76. The molecule has 0 aromatic heterocycles. The second-order valence-corrected chi connectivity index (χ2v) is 5.18. The zero-order valence-corrected chi connectivity index (χ0v) is 12.5. The summed E-state index contributed by atoms with van der Waals surface area (Å²) in [5.41, 5.74) is 4.84. The number of nitrogens with zero attached hydrogens (tertiary/aromatic N) is 1.